The molecule has 1 unspecified atom stereocenters. The first-order valence-corrected chi connectivity index (χ1v) is 6.80. The molecule has 1 aromatic rings. The Morgan fingerprint density at radius 1 is 1.32 bits per heavy atom. The summed E-state index contributed by atoms with van der Waals surface area (Å²) in [6.07, 6.45) is -0.732. The minimum atomic E-state index is -1.11. The summed E-state index contributed by atoms with van der Waals surface area (Å²) >= 11 is 1.48. The highest BCUT2D eigenvalue weighted by atomic mass is 32.2. The van der Waals surface area contributed by atoms with Crippen LogP contribution in [0.25, 0.3) is 0 Å². The number of thioether (sulfide) groups is 1. The largest absolute Gasteiger partial charge is 0.480 e. The van der Waals surface area contributed by atoms with Crippen LogP contribution in [0.5, 0.6) is 0 Å². The number of carboxylic acid groups (broad SMARTS) is 1. The van der Waals surface area contributed by atoms with Crippen molar-refractivity contribution in [2.45, 2.75) is 24.5 Å². The Kier molecular flexibility index (Phi) is 6.21. The molecule has 0 heterocycles. The van der Waals surface area contributed by atoms with Crippen LogP contribution in [0.15, 0.2) is 30.3 Å². The molecule has 0 saturated carbocycles. The van der Waals surface area contributed by atoms with Gasteiger partial charge in [-0.05, 0) is 0 Å². The first-order chi connectivity index (χ1) is 8.99. The molecule has 0 aliphatic carbocycles. The molecule has 5 nitrogen and oxygen atoms in total. The summed E-state index contributed by atoms with van der Waals surface area (Å²) in [5.74, 6) is -1.11. The van der Waals surface area contributed by atoms with Crippen LogP contribution in [0.3, 0.4) is 0 Å². The van der Waals surface area contributed by atoms with Crippen molar-refractivity contribution in [1.29, 1.82) is 0 Å². The lowest BCUT2D eigenvalue weighted by atomic mass is 10.2. The van der Waals surface area contributed by atoms with Gasteiger partial charge in [0.25, 0.3) is 0 Å². The van der Waals surface area contributed by atoms with E-state index in [4.69, 9.17) is 9.84 Å². The summed E-state index contributed by atoms with van der Waals surface area (Å²) in [6.45, 7) is 3.55. The summed E-state index contributed by atoms with van der Waals surface area (Å²) in [7, 11) is 0. The number of carbonyl (C=O) groups excluding carboxylic acids is 1. The summed E-state index contributed by atoms with van der Waals surface area (Å²) in [5, 5.41) is 10.9. The van der Waals surface area contributed by atoms with Crippen LogP contribution >= 0.6 is 11.8 Å². The van der Waals surface area contributed by atoms with Crippen molar-refractivity contribution in [1.82, 2.24) is 5.32 Å². The third kappa shape index (κ3) is 6.15. The Morgan fingerprint density at radius 3 is 2.47 bits per heavy atom. The fourth-order valence-electron chi connectivity index (χ4n) is 1.32. The highest BCUT2D eigenvalue weighted by Crippen LogP contribution is 2.33. The Bertz CT molecular complexity index is 422. The van der Waals surface area contributed by atoms with Gasteiger partial charge in [-0.1, -0.05) is 44.2 Å². The van der Waals surface area contributed by atoms with Crippen molar-refractivity contribution in [2.75, 3.05) is 6.54 Å². The molecule has 2 N–H and O–H groups in total. The molecule has 19 heavy (non-hydrogen) atoms. The molecule has 0 aliphatic heterocycles. The second-order valence-electron chi connectivity index (χ2n) is 4.08. The Morgan fingerprint density at radius 2 is 1.95 bits per heavy atom. The fraction of sp³-hybridized carbons (Fsp3) is 0.385. The number of benzene rings is 1. The maximum absolute atomic E-state index is 11.5. The number of hydrogen-bond acceptors (Lipinski definition) is 4. The average molecular weight is 283 g/mol. The van der Waals surface area contributed by atoms with E-state index in [0.29, 0.717) is 0 Å². The number of carboxylic acids is 1. The predicted molar refractivity (Wildman–Crippen MR) is 74.0 cm³/mol. The van der Waals surface area contributed by atoms with Gasteiger partial charge in [-0.25, -0.2) is 4.79 Å². The molecule has 1 atom stereocenters. The van der Waals surface area contributed by atoms with Gasteiger partial charge >= 0.3 is 12.1 Å². The lowest BCUT2D eigenvalue weighted by Gasteiger charge is -2.19. The highest BCUT2D eigenvalue weighted by Gasteiger charge is 2.18. The highest BCUT2D eigenvalue weighted by molar-refractivity contribution is 7.99. The molecular formula is C13H17NO4S. The zero-order valence-electron chi connectivity index (χ0n) is 10.8. The zero-order chi connectivity index (χ0) is 14.3. The van der Waals surface area contributed by atoms with E-state index in [1.165, 1.54) is 11.8 Å². The number of amides is 1. The zero-order valence-corrected chi connectivity index (χ0v) is 11.6. The van der Waals surface area contributed by atoms with Gasteiger partial charge in [0.1, 0.15) is 6.54 Å². The monoisotopic (exact) mass is 283 g/mol. The summed E-state index contributed by atoms with van der Waals surface area (Å²) < 4.78 is 5.25. The van der Waals surface area contributed by atoms with Gasteiger partial charge in [0.15, 0.2) is 5.44 Å². The van der Waals surface area contributed by atoms with Crippen molar-refractivity contribution in [3.8, 4) is 0 Å². The van der Waals surface area contributed by atoms with Crippen LogP contribution in [0, 0.1) is 0 Å². The minimum absolute atomic E-state index is 0.275. The summed E-state index contributed by atoms with van der Waals surface area (Å²) in [4.78, 5) is 21.9. The maximum atomic E-state index is 11.5. The van der Waals surface area contributed by atoms with Crippen LogP contribution in [-0.4, -0.2) is 29.0 Å². The van der Waals surface area contributed by atoms with Crippen molar-refractivity contribution >= 4 is 23.8 Å². The van der Waals surface area contributed by atoms with Crippen LogP contribution in [-0.2, 0) is 9.53 Å². The first kappa shape index (κ1) is 15.4. The standard InChI is InChI=1S/C13H17NO4S/c1-9(2)19-12(10-6-4-3-5-7-10)18-13(17)14-8-11(15)16/h3-7,9,12H,8H2,1-2H3,(H,14,17)(H,15,16). The number of ether oxygens (including phenoxy) is 1. The molecule has 1 amide bonds. The van der Waals surface area contributed by atoms with Crippen LogP contribution in [0.2, 0.25) is 0 Å². The smallest absolute Gasteiger partial charge is 0.409 e. The van der Waals surface area contributed by atoms with Gasteiger partial charge < -0.3 is 15.2 Å². The number of carbonyl (C=O) groups is 2. The third-order valence-electron chi connectivity index (χ3n) is 2.07. The minimum Gasteiger partial charge on any atom is -0.480 e. The van der Waals surface area contributed by atoms with Gasteiger partial charge in [0.05, 0.1) is 0 Å². The van der Waals surface area contributed by atoms with Crippen LogP contribution in [0.4, 0.5) is 4.79 Å². The second-order valence-corrected chi connectivity index (χ2v) is 5.72. The topological polar surface area (TPSA) is 75.6 Å². The molecule has 0 aliphatic rings. The van der Waals surface area contributed by atoms with Gasteiger partial charge in [0.2, 0.25) is 0 Å². The number of rotatable bonds is 6. The average Bonchev–Trinajstić information content (AvgIpc) is 2.36. The van der Waals surface area contributed by atoms with Gasteiger partial charge in [0, 0.05) is 10.8 Å². The molecule has 0 saturated heterocycles. The molecular weight excluding hydrogens is 266 g/mol. The molecule has 104 valence electrons. The third-order valence-corrected chi connectivity index (χ3v) is 3.23. The van der Waals surface area contributed by atoms with Gasteiger partial charge in [-0.15, -0.1) is 11.8 Å². The van der Waals surface area contributed by atoms with E-state index in [1.54, 1.807) is 0 Å². The molecule has 1 aromatic carbocycles. The Labute approximate surface area is 116 Å². The second kappa shape index (κ2) is 7.68. The molecule has 1 rings (SSSR count). The SMILES string of the molecule is CC(C)SC(OC(=O)NCC(=O)O)c1ccccc1. The lowest BCUT2D eigenvalue weighted by Crippen LogP contribution is -2.30. The number of alkyl carbamates (subject to hydrolysis) is 1. The van der Waals surface area contributed by atoms with Crippen molar-refractivity contribution in [3.63, 3.8) is 0 Å². The van der Waals surface area contributed by atoms with E-state index < -0.39 is 24.0 Å². The van der Waals surface area contributed by atoms with Gasteiger partial charge in [-0.2, -0.15) is 0 Å². The number of nitrogens with one attached hydrogen (secondary N) is 1. The van der Waals surface area contributed by atoms with Gasteiger partial charge in [-0.3, -0.25) is 4.79 Å². The molecule has 0 radical (unpaired) electrons. The number of aliphatic carboxylic acids is 1. The molecule has 0 bridgehead atoms. The van der Waals surface area contributed by atoms with E-state index >= 15 is 0 Å². The molecule has 0 aromatic heterocycles. The Hall–Kier alpha value is -1.69. The summed E-state index contributed by atoms with van der Waals surface area (Å²) in [5.41, 5.74) is 0.418. The summed E-state index contributed by atoms with van der Waals surface area (Å²) in [6, 6.07) is 9.34. The van der Waals surface area contributed by atoms with E-state index in [0.717, 1.165) is 5.56 Å². The van der Waals surface area contributed by atoms with Crippen molar-refractivity contribution < 1.29 is 19.4 Å². The number of hydrogen-bond donors (Lipinski definition) is 2. The fourth-order valence-corrected chi connectivity index (χ4v) is 2.27. The van der Waals surface area contributed by atoms with E-state index in [2.05, 4.69) is 5.32 Å². The normalized spacial score (nSPS) is 11.9. The molecule has 0 spiro atoms. The maximum Gasteiger partial charge on any atom is 0.409 e. The van der Waals surface area contributed by atoms with E-state index in [9.17, 15) is 9.59 Å². The lowest BCUT2D eigenvalue weighted by molar-refractivity contribution is -0.135. The van der Waals surface area contributed by atoms with Crippen LogP contribution < -0.4 is 5.32 Å². The van der Waals surface area contributed by atoms with Crippen molar-refractivity contribution in [3.05, 3.63) is 35.9 Å². The molecule has 6 heteroatoms. The predicted octanol–water partition coefficient (Wildman–Crippen LogP) is 2.64. The quantitative estimate of drug-likeness (QED) is 0.785. The Balaban J connectivity index is 2.65. The molecule has 0 fully saturated rings. The van der Waals surface area contributed by atoms with Crippen LogP contribution in [0.1, 0.15) is 24.8 Å². The first-order valence-electron chi connectivity index (χ1n) is 5.85. The van der Waals surface area contributed by atoms with Crippen molar-refractivity contribution in [2.24, 2.45) is 0 Å². The van der Waals surface area contributed by atoms with E-state index in [1.807, 2.05) is 44.2 Å². The van der Waals surface area contributed by atoms with E-state index in [-0.39, 0.29) is 5.25 Å².